The van der Waals surface area contributed by atoms with Crippen molar-refractivity contribution in [2.75, 3.05) is 6.61 Å². The van der Waals surface area contributed by atoms with Gasteiger partial charge in [-0.25, -0.2) is 0 Å². The van der Waals surface area contributed by atoms with Gasteiger partial charge in [0.25, 0.3) is 10.1 Å². The molecule has 0 saturated heterocycles. The smallest absolute Gasteiger partial charge is 1.00 e. The van der Waals surface area contributed by atoms with Crippen LogP contribution in [0.2, 0.25) is 0 Å². The zero-order valence-electron chi connectivity index (χ0n) is 16.3. The SMILES string of the molecule is CCCCCCCCOC(CC)OC(=O)C(CC(=O)O)S(=O)(=O)O.[H-].[Na+]. The van der Waals surface area contributed by atoms with Crippen LogP contribution >= 0.6 is 0 Å². The number of hydrogen-bond donors (Lipinski definition) is 2. The number of hydrogen-bond acceptors (Lipinski definition) is 6. The summed E-state index contributed by atoms with van der Waals surface area (Å²) in [7, 11) is -4.86. The van der Waals surface area contributed by atoms with Gasteiger partial charge in [-0.2, -0.15) is 8.42 Å². The molecule has 2 atom stereocenters. The summed E-state index contributed by atoms with van der Waals surface area (Å²) in [5.74, 6) is -2.86. The van der Waals surface area contributed by atoms with Gasteiger partial charge < -0.3 is 16.0 Å². The third kappa shape index (κ3) is 13.6. The average molecular weight is 392 g/mol. The van der Waals surface area contributed by atoms with Crippen molar-refractivity contribution in [3.8, 4) is 0 Å². The zero-order valence-corrected chi connectivity index (χ0v) is 18.1. The average Bonchev–Trinajstić information content (AvgIpc) is 2.49. The summed E-state index contributed by atoms with van der Waals surface area (Å²) in [6, 6.07) is 0. The molecular formula is C15H29NaO8S. The number of carboxylic acids is 1. The molecule has 0 radical (unpaired) electrons. The first-order valence-corrected chi connectivity index (χ1v) is 9.72. The van der Waals surface area contributed by atoms with E-state index in [0.29, 0.717) is 6.61 Å². The van der Waals surface area contributed by atoms with Gasteiger partial charge in [0, 0.05) is 6.42 Å². The molecule has 0 spiro atoms. The Morgan fingerprint density at radius 3 is 2.12 bits per heavy atom. The predicted octanol–water partition coefficient (Wildman–Crippen LogP) is -0.510. The molecule has 0 aliphatic carbocycles. The number of carbonyl (C=O) groups excluding carboxylic acids is 1. The summed E-state index contributed by atoms with van der Waals surface area (Å²) in [4.78, 5) is 22.4. The van der Waals surface area contributed by atoms with Crippen LogP contribution in [0.15, 0.2) is 0 Å². The van der Waals surface area contributed by atoms with Crippen molar-refractivity contribution in [1.82, 2.24) is 0 Å². The maximum atomic E-state index is 11.8. The topological polar surface area (TPSA) is 127 Å². The summed E-state index contributed by atoms with van der Waals surface area (Å²) in [5, 5.41) is 6.48. The van der Waals surface area contributed by atoms with E-state index in [2.05, 4.69) is 6.92 Å². The molecule has 0 amide bonds. The molecule has 8 nitrogen and oxygen atoms in total. The molecule has 0 fully saturated rings. The van der Waals surface area contributed by atoms with E-state index in [9.17, 15) is 18.0 Å². The molecular weight excluding hydrogens is 363 g/mol. The molecule has 0 rings (SSSR count). The molecule has 0 aliphatic rings. The van der Waals surface area contributed by atoms with E-state index in [1.54, 1.807) is 6.92 Å². The third-order valence-corrected chi connectivity index (χ3v) is 4.44. The van der Waals surface area contributed by atoms with Crippen LogP contribution in [0.1, 0.15) is 66.6 Å². The summed E-state index contributed by atoms with van der Waals surface area (Å²) < 4.78 is 41.4. The van der Waals surface area contributed by atoms with Gasteiger partial charge in [-0.05, 0) is 6.42 Å². The Hall–Kier alpha value is -0.190. The summed E-state index contributed by atoms with van der Waals surface area (Å²) >= 11 is 0. The second-order valence-electron chi connectivity index (χ2n) is 5.51. The molecule has 0 aliphatic heterocycles. The van der Waals surface area contributed by atoms with Crippen LogP contribution in [0.5, 0.6) is 0 Å². The first-order chi connectivity index (χ1) is 11.2. The Kier molecular flexibility index (Phi) is 16.1. The number of ether oxygens (including phenoxy) is 2. The van der Waals surface area contributed by atoms with E-state index in [4.69, 9.17) is 19.1 Å². The fraction of sp³-hybridized carbons (Fsp3) is 0.867. The van der Waals surface area contributed by atoms with Crippen molar-refractivity contribution < 1.29 is 68.1 Å². The van der Waals surface area contributed by atoms with Crippen LogP contribution in [-0.2, 0) is 29.2 Å². The molecule has 144 valence electrons. The van der Waals surface area contributed by atoms with E-state index in [0.717, 1.165) is 32.1 Å². The Balaban J connectivity index is -0.00000264. The standard InChI is InChI=1S/C15H28O8S.Na.H/c1-3-5-6-7-8-9-10-22-14(4-2)23-15(18)12(11-13(16)17)24(19,20)21;;/h12,14H,3-11H2,1-2H3,(H,16,17)(H,19,20,21);;/q;+1;-1. The molecule has 2 unspecified atom stereocenters. The van der Waals surface area contributed by atoms with Gasteiger partial charge in [0.1, 0.15) is 0 Å². The Morgan fingerprint density at radius 1 is 1.08 bits per heavy atom. The van der Waals surface area contributed by atoms with Gasteiger partial charge in [0.15, 0.2) is 5.25 Å². The maximum absolute atomic E-state index is 11.8. The fourth-order valence-corrected chi connectivity index (χ4v) is 2.66. The number of unbranched alkanes of at least 4 members (excludes halogenated alkanes) is 5. The summed E-state index contributed by atoms with van der Waals surface area (Å²) in [6.07, 6.45) is 4.63. The predicted molar refractivity (Wildman–Crippen MR) is 88.2 cm³/mol. The Morgan fingerprint density at radius 2 is 1.64 bits per heavy atom. The molecule has 10 heteroatoms. The third-order valence-electron chi connectivity index (χ3n) is 3.37. The summed E-state index contributed by atoms with van der Waals surface area (Å²) in [6.45, 7) is 4.17. The van der Waals surface area contributed by atoms with Crippen molar-refractivity contribution in [1.29, 1.82) is 0 Å². The quantitative estimate of drug-likeness (QED) is 0.133. The molecule has 0 aromatic carbocycles. The molecule has 25 heavy (non-hydrogen) atoms. The van der Waals surface area contributed by atoms with Crippen molar-refractivity contribution in [2.24, 2.45) is 0 Å². The zero-order chi connectivity index (χ0) is 18.6. The van der Waals surface area contributed by atoms with Crippen molar-refractivity contribution >= 4 is 22.1 Å². The van der Waals surface area contributed by atoms with E-state index < -0.39 is 40.0 Å². The molecule has 0 aromatic heterocycles. The van der Waals surface area contributed by atoms with E-state index in [-0.39, 0.29) is 37.4 Å². The van der Waals surface area contributed by atoms with Crippen LogP contribution in [0, 0.1) is 0 Å². The molecule has 0 aromatic rings. The van der Waals surface area contributed by atoms with Crippen LogP contribution in [-0.4, -0.2) is 48.2 Å². The van der Waals surface area contributed by atoms with Crippen molar-refractivity contribution in [2.45, 2.75) is 76.8 Å². The minimum absolute atomic E-state index is 0. The second kappa shape index (κ2) is 14.9. The van der Waals surface area contributed by atoms with Gasteiger partial charge in [0.05, 0.1) is 13.0 Å². The maximum Gasteiger partial charge on any atom is 1.00 e. The number of rotatable bonds is 14. The van der Waals surface area contributed by atoms with Crippen molar-refractivity contribution in [3.05, 3.63) is 0 Å². The number of carboxylic acid groups (broad SMARTS) is 1. The number of esters is 1. The molecule has 0 heterocycles. The van der Waals surface area contributed by atoms with E-state index in [1.807, 2.05) is 0 Å². The second-order valence-corrected chi connectivity index (χ2v) is 7.11. The normalized spacial score (nSPS) is 13.6. The Bertz CT molecular complexity index is 486. The first-order valence-electron chi connectivity index (χ1n) is 8.22. The van der Waals surface area contributed by atoms with Crippen molar-refractivity contribution in [3.63, 3.8) is 0 Å². The van der Waals surface area contributed by atoms with Gasteiger partial charge in [-0.1, -0.05) is 46.0 Å². The monoisotopic (exact) mass is 392 g/mol. The van der Waals surface area contributed by atoms with Crippen LogP contribution in [0.3, 0.4) is 0 Å². The van der Waals surface area contributed by atoms with Gasteiger partial charge >= 0.3 is 41.5 Å². The first kappa shape index (κ1) is 27.0. The van der Waals surface area contributed by atoms with E-state index >= 15 is 0 Å². The van der Waals surface area contributed by atoms with Gasteiger partial charge in [-0.15, -0.1) is 0 Å². The molecule has 0 saturated carbocycles. The van der Waals surface area contributed by atoms with E-state index in [1.165, 1.54) is 6.42 Å². The molecule has 2 N–H and O–H groups in total. The largest absolute Gasteiger partial charge is 1.00 e. The summed E-state index contributed by atoms with van der Waals surface area (Å²) in [5.41, 5.74) is 0. The Labute approximate surface area is 173 Å². The van der Waals surface area contributed by atoms with Gasteiger partial charge in [-0.3, -0.25) is 14.1 Å². The van der Waals surface area contributed by atoms with Crippen LogP contribution in [0.4, 0.5) is 0 Å². The minimum atomic E-state index is -4.86. The van der Waals surface area contributed by atoms with Crippen LogP contribution in [0.25, 0.3) is 0 Å². The number of aliphatic carboxylic acids is 1. The number of carbonyl (C=O) groups is 2. The minimum Gasteiger partial charge on any atom is -1.00 e. The molecule has 0 bridgehead atoms. The van der Waals surface area contributed by atoms with Gasteiger partial charge in [0.2, 0.25) is 6.29 Å². The fourth-order valence-electron chi connectivity index (χ4n) is 2.01. The van der Waals surface area contributed by atoms with Crippen LogP contribution < -0.4 is 29.6 Å².